The number of aliphatic carboxylic acids is 1. The first-order valence-corrected chi connectivity index (χ1v) is 11.2. The molecule has 0 saturated carbocycles. The van der Waals surface area contributed by atoms with E-state index in [9.17, 15) is 14.4 Å². The van der Waals surface area contributed by atoms with Gasteiger partial charge in [-0.1, -0.05) is 48.5 Å². The van der Waals surface area contributed by atoms with Gasteiger partial charge < -0.3 is 19.5 Å². The lowest BCUT2D eigenvalue weighted by molar-refractivity contribution is -0.137. The Labute approximate surface area is 203 Å². The second-order valence-electron chi connectivity index (χ2n) is 8.14. The van der Waals surface area contributed by atoms with Crippen LogP contribution in [0.25, 0.3) is 11.1 Å². The number of amides is 2. The van der Waals surface area contributed by atoms with Crippen molar-refractivity contribution in [1.29, 1.82) is 0 Å². The predicted octanol–water partition coefficient (Wildman–Crippen LogP) is 4.22. The first-order chi connectivity index (χ1) is 17.0. The normalized spacial score (nSPS) is 11.9. The fourth-order valence-electron chi connectivity index (χ4n) is 4.25. The number of fused-ring (bicyclic) bond motifs is 3. The third-order valence-corrected chi connectivity index (χ3v) is 5.90. The molecule has 3 aromatic rings. The Bertz CT molecular complexity index is 1180. The zero-order valence-corrected chi connectivity index (χ0v) is 19.3. The summed E-state index contributed by atoms with van der Waals surface area (Å²) < 4.78 is 10.5. The van der Waals surface area contributed by atoms with Gasteiger partial charge in [0.25, 0.3) is 5.91 Å². The van der Waals surface area contributed by atoms with E-state index in [-0.39, 0.29) is 25.7 Å². The number of hydrogen-bond acceptors (Lipinski definition) is 5. The molecule has 0 unspecified atom stereocenters. The van der Waals surface area contributed by atoms with Gasteiger partial charge in [0.15, 0.2) is 0 Å². The Morgan fingerprint density at radius 2 is 1.51 bits per heavy atom. The number of anilines is 1. The lowest BCUT2D eigenvalue weighted by Gasteiger charge is -2.20. The number of carbonyl (C=O) groups is 3. The molecule has 0 aromatic heterocycles. The molecule has 0 heterocycles. The first-order valence-electron chi connectivity index (χ1n) is 11.2. The summed E-state index contributed by atoms with van der Waals surface area (Å²) in [5, 5.41) is 11.7. The van der Waals surface area contributed by atoms with Crippen LogP contribution in [0.3, 0.4) is 0 Å². The predicted molar refractivity (Wildman–Crippen MR) is 131 cm³/mol. The standard InChI is InChI=1S/C27H26N2O6/c1-34-15-14-29(16-25(30)31)26(32)18-10-12-19(13-11-18)28-27(33)35-17-24-22-8-4-2-6-20(22)21-7-3-5-9-23(21)24/h2-13,24H,14-17H2,1H3,(H,28,33)(H,30,31). The molecule has 0 aliphatic heterocycles. The van der Waals surface area contributed by atoms with Gasteiger partial charge in [0, 0.05) is 30.8 Å². The van der Waals surface area contributed by atoms with E-state index >= 15 is 0 Å². The minimum absolute atomic E-state index is 0.0412. The Kier molecular flexibility index (Phi) is 7.42. The number of rotatable bonds is 9. The van der Waals surface area contributed by atoms with Crippen LogP contribution >= 0.6 is 0 Å². The maximum atomic E-state index is 12.7. The monoisotopic (exact) mass is 474 g/mol. The van der Waals surface area contributed by atoms with Crippen molar-refractivity contribution in [2.75, 3.05) is 38.7 Å². The number of hydrogen-bond donors (Lipinski definition) is 2. The number of ether oxygens (including phenoxy) is 2. The maximum absolute atomic E-state index is 12.7. The van der Waals surface area contributed by atoms with Crippen LogP contribution in [0.1, 0.15) is 27.4 Å². The third kappa shape index (κ3) is 5.50. The number of nitrogens with zero attached hydrogens (tertiary/aromatic N) is 1. The molecule has 0 fully saturated rings. The van der Waals surface area contributed by atoms with Crippen molar-refractivity contribution < 1.29 is 29.0 Å². The van der Waals surface area contributed by atoms with Gasteiger partial charge in [0.2, 0.25) is 0 Å². The summed E-state index contributed by atoms with van der Waals surface area (Å²) in [5.41, 5.74) is 5.33. The summed E-state index contributed by atoms with van der Waals surface area (Å²) in [7, 11) is 1.48. The van der Waals surface area contributed by atoms with Gasteiger partial charge >= 0.3 is 12.1 Å². The molecule has 0 bridgehead atoms. The lowest BCUT2D eigenvalue weighted by atomic mass is 9.98. The van der Waals surface area contributed by atoms with E-state index in [1.54, 1.807) is 12.1 Å². The van der Waals surface area contributed by atoms with Crippen molar-refractivity contribution in [2.45, 2.75) is 5.92 Å². The minimum Gasteiger partial charge on any atom is -0.480 e. The van der Waals surface area contributed by atoms with Gasteiger partial charge in [-0.25, -0.2) is 4.79 Å². The Balaban J connectivity index is 1.37. The van der Waals surface area contributed by atoms with Crippen molar-refractivity contribution in [3.63, 3.8) is 0 Å². The summed E-state index contributed by atoms with van der Waals surface area (Å²) in [6, 6.07) is 22.4. The quantitative estimate of drug-likeness (QED) is 0.481. The molecular weight excluding hydrogens is 448 g/mol. The molecular formula is C27H26N2O6. The van der Waals surface area contributed by atoms with Gasteiger partial charge in [0.05, 0.1) is 6.61 Å². The van der Waals surface area contributed by atoms with Gasteiger partial charge in [-0.05, 0) is 46.5 Å². The smallest absolute Gasteiger partial charge is 0.411 e. The van der Waals surface area contributed by atoms with Gasteiger partial charge in [0.1, 0.15) is 13.2 Å². The molecule has 0 spiro atoms. The first kappa shape index (κ1) is 24.0. The van der Waals surface area contributed by atoms with E-state index < -0.39 is 24.5 Å². The molecule has 3 aromatic carbocycles. The van der Waals surface area contributed by atoms with E-state index in [1.165, 1.54) is 24.1 Å². The molecule has 8 heteroatoms. The van der Waals surface area contributed by atoms with Gasteiger partial charge in [-0.15, -0.1) is 0 Å². The largest absolute Gasteiger partial charge is 0.480 e. The van der Waals surface area contributed by atoms with Crippen molar-refractivity contribution in [3.8, 4) is 11.1 Å². The molecule has 35 heavy (non-hydrogen) atoms. The number of carbonyl (C=O) groups excluding carboxylic acids is 2. The fourth-order valence-corrected chi connectivity index (χ4v) is 4.25. The second-order valence-corrected chi connectivity index (χ2v) is 8.14. The molecule has 0 saturated heterocycles. The molecule has 1 aliphatic carbocycles. The van der Waals surface area contributed by atoms with Crippen molar-refractivity contribution in [3.05, 3.63) is 89.5 Å². The zero-order chi connectivity index (χ0) is 24.8. The Morgan fingerprint density at radius 3 is 2.09 bits per heavy atom. The summed E-state index contributed by atoms with van der Waals surface area (Å²) >= 11 is 0. The van der Waals surface area contributed by atoms with E-state index in [0.717, 1.165) is 22.3 Å². The highest BCUT2D eigenvalue weighted by molar-refractivity contribution is 5.96. The number of carboxylic acid groups (broad SMARTS) is 1. The van der Waals surface area contributed by atoms with Crippen LogP contribution in [0.2, 0.25) is 0 Å². The minimum atomic E-state index is -1.11. The number of carboxylic acids is 1. The van der Waals surface area contributed by atoms with Crippen LogP contribution < -0.4 is 5.32 Å². The summed E-state index contributed by atoms with van der Waals surface area (Å²) in [6.45, 7) is 0.143. The average molecular weight is 475 g/mol. The molecule has 8 nitrogen and oxygen atoms in total. The van der Waals surface area contributed by atoms with Crippen LogP contribution in [-0.2, 0) is 14.3 Å². The van der Waals surface area contributed by atoms with Crippen LogP contribution in [0, 0.1) is 0 Å². The van der Waals surface area contributed by atoms with Gasteiger partial charge in [-0.2, -0.15) is 0 Å². The maximum Gasteiger partial charge on any atom is 0.411 e. The molecule has 0 radical (unpaired) electrons. The average Bonchev–Trinajstić information content (AvgIpc) is 3.19. The van der Waals surface area contributed by atoms with E-state index in [0.29, 0.717) is 11.3 Å². The molecule has 1 aliphatic rings. The van der Waals surface area contributed by atoms with E-state index in [4.69, 9.17) is 14.6 Å². The molecule has 180 valence electrons. The molecule has 0 atom stereocenters. The molecule has 2 N–H and O–H groups in total. The fraction of sp³-hybridized carbons (Fsp3) is 0.222. The summed E-state index contributed by atoms with van der Waals surface area (Å²) in [5.74, 6) is -1.58. The van der Waals surface area contributed by atoms with Crippen LogP contribution in [0.15, 0.2) is 72.8 Å². The number of benzene rings is 3. The molecule has 2 amide bonds. The Hall–Kier alpha value is -4.17. The zero-order valence-electron chi connectivity index (χ0n) is 19.3. The highest BCUT2D eigenvalue weighted by Crippen LogP contribution is 2.44. The van der Waals surface area contributed by atoms with E-state index in [1.807, 2.05) is 24.3 Å². The van der Waals surface area contributed by atoms with Crippen LogP contribution in [0.5, 0.6) is 0 Å². The van der Waals surface area contributed by atoms with Gasteiger partial charge in [-0.3, -0.25) is 14.9 Å². The third-order valence-electron chi connectivity index (χ3n) is 5.90. The lowest BCUT2D eigenvalue weighted by Crippen LogP contribution is -2.38. The molecule has 4 rings (SSSR count). The number of nitrogens with one attached hydrogen (secondary N) is 1. The highest BCUT2D eigenvalue weighted by atomic mass is 16.5. The topological polar surface area (TPSA) is 105 Å². The van der Waals surface area contributed by atoms with Crippen molar-refractivity contribution >= 4 is 23.7 Å². The van der Waals surface area contributed by atoms with Crippen molar-refractivity contribution in [1.82, 2.24) is 4.90 Å². The second kappa shape index (κ2) is 10.8. The summed E-state index contributed by atoms with van der Waals surface area (Å²) in [4.78, 5) is 37.4. The Morgan fingerprint density at radius 1 is 0.914 bits per heavy atom. The SMILES string of the molecule is COCCN(CC(=O)O)C(=O)c1ccc(NC(=O)OCC2c3ccccc3-c3ccccc32)cc1. The van der Waals surface area contributed by atoms with Crippen LogP contribution in [0.4, 0.5) is 10.5 Å². The van der Waals surface area contributed by atoms with Crippen LogP contribution in [-0.4, -0.2) is 61.4 Å². The summed E-state index contributed by atoms with van der Waals surface area (Å²) in [6.07, 6.45) is -0.599. The number of methoxy groups -OCH3 is 1. The van der Waals surface area contributed by atoms with Crippen molar-refractivity contribution in [2.24, 2.45) is 0 Å². The van der Waals surface area contributed by atoms with E-state index in [2.05, 4.69) is 29.6 Å². The highest BCUT2D eigenvalue weighted by Gasteiger charge is 2.29.